The second-order valence-corrected chi connectivity index (χ2v) is 29.8. The summed E-state index contributed by atoms with van der Waals surface area (Å²) in [6.45, 7) is 24.0. The van der Waals surface area contributed by atoms with Crippen molar-refractivity contribution in [3.05, 3.63) is 0 Å². The number of carbonyl (C=O) groups is 14. The summed E-state index contributed by atoms with van der Waals surface area (Å²) in [4.78, 5) is 265. The smallest absolute Gasteiger partial charge is 0.373 e. The molecular formula is C84H144N10O26. The number of amides is 10. The molecule has 5 N–H and O–H groups in total. The first-order valence-electron chi connectivity index (χ1n) is 42.3. The van der Waals surface area contributed by atoms with E-state index in [1.807, 2.05) is 55.4 Å². The van der Waals surface area contributed by atoms with Crippen molar-refractivity contribution in [2.45, 2.75) is 312 Å². The zero-order valence-electron chi connectivity index (χ0n) is 74.5. The summed E-state index contributed by atoms with van der Waals surface area (Å²) >= 11 is 0. The molecule has 0 aromatic heterocycles. The maximum absolute atomic E-state index is 15.3. The molecule has 0 bridgehead atoms. The highest BCUT2D eigenvalue weighted by Gasteiger charge is 2.38. The van der Waals surface area contributed by atoms with E-state index in [-0.39, 0.29) is 225 Å². The Hall–Kier alpha value is -9.90. The quantitative estimate of drug-likeness (QED) is 0.0240. The number of hydrogen-bond donors (Lipinski definition) is 5. The van der Waals surface area contributed by atoms with Crippen LogP contribution in [0.2, 0.25) is 0 Å². The van der Waals surface area contributed by atoms with Crippen LogP contribution in [-0.4, -0.2) is 256 Å². The molecule has 0 aromatic carbocycles. The second kappa shape index (κ2) is 77.7. The average Bonchev–Trinajstić information content (AvgIpc) is 0.870. The van der Waals surface area contributed by atoms with E-state index in [0.717, 1.165) is 51.4 Å². The van der Waals surface area contributed by atoms with Crippen LogP contribution >= 0.6 is 0 Å². The van der Waals surface area contributed by atoms with Gasteiger partial charge in [0.05, 0.1) is 41.3 Å². The van der Waals surface area contributed by atoms with Crippen molar-refractivity contribution >= 4 is 108 Å². The number of nitrogens with zero attached hydrogens (tertiary/aromatic N) is 5. The van der Waals surface area contributed by atoms with Crippen LogP contribution in [0.5, 0.6) is 0 Å². The first kappa shape index (κ1) is 119. The molecule has 5 atom stereocenters. The van der Waals surface area contributed by atoms with Gasteiger partial charge in [-0.25, -0.2) is 0 Å². The van der Waals surface area contributed by atoms with E-state index in [9.17, 15) is 57.5 Å². The molecular weight excluding hydrogens is 1560 g/mol. The number of esters is 4. The van der Waals surface area contributed by atoms with Gasteiger partial charge in [0, 0.05) is 110 Å². The van der Waals surface area contributed by atoms with E-state index in [4.69, 9.17) is 57.3 Å². The lowest BCUT2D eigenvalue weighted by Gasteiger charge is -2.35. The molecule has 36 nitrogen and oxygen atoms in total. The molecule has 0 spiro atoms. The SMILES string of the molecule is CCCCCCNC(=O)C(C(C)C)N(CCC(=O)OC)C(=O)CCCCCN(C(=O)CCCC(=O)N(CCC(=O)OC)C(C(=O)NCCCCCC)C(C)C)C(CCCC(=O)N(CCC)C(C(=O)NCCCCCC(=O)OC)C(C)C)C(=O)NCCC(=O)N(CCC)C(C(=O)NCCCCCC(=O)OC)C(C)C.O=C=O.O=C=O.O=C=O.O=C=O. The fourth-order valence-electron chi connectivity index (χ4n) is 13.3. The summed E-state index contributed by atoms with van der Waals surface area (Å²) in [6.07, 6.45) is 13.0. The maximum Gasteiger partial charge on any atom is 0.373 e. The molecule has 686 valence electrons. The molecule has 36 heteroatoms. The molecule has 0 saturated carbocycles. The Balaban J connectivity index is -0.00000344. The van der Waals surface area contributed by atoms with Gasteiger partial charge in [0.25, 0.3) is 0 Å². The Morgan fingerprint density at radius 1 is 0.250 bits per heavy atom. The fourth-order valence-corrected chi connectivity index (χ4v) is 13.3. The molecule has 10 amide bonds. The average molecular weight is 1710 g/mol. The van der Waals surface area contributed by atoms with E-state index in [2.05, 4.69) is 40.4 Å². The van der Waals surface area contributed by atoms with Crippen molar-refractivity contribution < 1.29 is 124 Å². The zero-order chi connectivity index (χ0) is 92.3. The van der Waals surface area contributed by atoms with E-state index in [0.29, 0.717) is 84.0 Å². The van der Waals surface area contributed by atoms with Crippen LogP contribution in [0.25, 0.3) is 0 Å². The first-order chi connectivity index (χ1) is 57.1. The molecule has 0 radical (unpaired) electrons. The second-order valence-electron chi connectivity index (χ2n) is 29.8. The van der Waals surface area contributed by atoms with Gasteiger partial charge in [-0.15, -0.1) is 0 Å². The molecule has 0 fully saturated rings. The van der Waals surface area contributed by atoms with Crippen molar-refractivity contribution in [1.82, 2.24) is 51.1 Å². The Morgan fingerprint density at radius 3 is 0.800 bits per heavy atom. The van der Waals surface area contributed by atoms with Crippen LogP contribution in [0.4, 0.5) is 0 Å². The van der Waals surface area contributed by atoms with Crippen LogP contribution in [0.15, 0.2) is 0 Å². The monoisotopic (exact) mass is 1710 g/mol. The van der Waals surface area contributed by atoms with Crippen molar-refractivity contribution in [2.75, 3.05) is 93.9 Å². The van der Waals surface area contributed by atoms with Gasteiger partial charge in [0.2, 0.25) is 59.1 Å². The summed E-state index contributed by atoms with van der Waals surface area (Å²) in [6, 6.07) is -4.88. The molecule has 0 aliphatic rings. The van der Waals surface area contributed by atoms with Gasteiger partial charge in [-0.2, -0.15) is 38.4 Å². The number of hydrogen-bond acceptors (Lipinski definition) is 26. The molecule has 5 unspecified atom stereocenters. The van der Waals surface area contributed by atoms with Crippen molar-refractivity contribution in [2.24, 2.45) is 23.7 Å². The van der Waals surface area contributed by atoms with Gasteiger partial charge >= 0.3 is 48.5 Å². The largest absolute Gasteiger partial charge is 0.469 e. The molecule has 0 heterocycles. The molecule has 0 rings (SSSR count). The standard InChI is InChI=1S/C80H144N10O18.4CO2/c1-17-21-23-31-48-81-79(103)74(60(9)10)89(56-46-70(98)107-15)64(92)39-28-27-35-55-86(63(91)41-37-42-66(94)90(57-47-71(99)108-16)75(61(11)12)80(104)82-49-32-24-22-18-2)62(38-36-40-65(93)87(53-19-3)72(58(5)6)77(101)83-50-33-25-29-43-68(96)105-13)76(100)85-52-45-67(95)88(54-20-4)73(59(7)8)78(102)84-51-34-26-30-44-69(97)106-14;4*2-1-3/h58-62,72-75H,17-57H2,1-16H3,(H,81,103)(H,82,104)(H,83,101)(H,84,102)(H,85,100);;;;. The predicted octanol–water partition coefficient (Wildman–Crippen LogP) is 6.71. The van der Waals surface area contributed by atoms with Gasteiger partial charge in [0.15, 0.2) is 0 Å². The number of methoxy groups -OCH3 is 4. The number of unbranched alkanes of at least 4 members (excludes halogenated alkanes) is 12. The summed E-state index contributed by atoms with van der Waals surface area (Å²) in [7, 11) is 5.13. The van der Waals surface area contributed by atoms with Crippen molar-refractivity contribution in [3.8, 4) is 0 Å². The van der Waals surface area contributed by atoms with Gasteiger partial charge < -0.3 is 70.0 Å². The minimum Gasteiger partial charge on any atom is -0.469 e. The number of ether oxygens (including phenoxy) is 4. The summed E-state index contributed by atoms with van der Waals surface area (Å²) in [5, 5.41) is 14.8. The van der Waals surface area contributed by atoms with E-state index in [1.165, 1.54) is 48.0 Å². The van der Waals surface area contributed by atoms with Gasteiger partial charge in [-0.3, -0.25) is 67.1 Å². The van der Waals surface area contributed by atoms with Crippen LogP contribution < -0.4 is 26.6 Å². The lowest BCUT2D eigenvalue weighted by atomic mass is 9.99. The zero-order valence-corrected chi connectivity index (χ0v) is 74.5. The highest BCUT2D eigenvalue weighted by Crippen LogP contribution is 2.23. The minimum atomic E-state index is -1.29. The topological polar surface area (TPSA) is 489 Å². The Bertz CT molecular complexity index is 3040. The minimum absolute atomic E-state index is 0.0390. The molecule has 120 heavy (non-hydrogen) atoms. The molecule has 0 aliphatic heterocycles. The highest BCUT2D eigenvalue weighted by atomic mass is 16.5. The molecule has 0 saturated heterocycles. The Kier molecular flexibility index (Phi) is 76.8. The third kappa shape index (κ3) is 56.5. The number of carbonyl (C=O) groups excluding carboxylic acids is 22. The first-order valence-corrected chi connectivity index (χ1v) is 42.3. The van der Waals surface area contributed by atoms with Crippen LogP contribution in [0.3, 0.4) is 0 Å². The lowest BCUT2D eigenvalue weighted by Crippen LogP contribution is -2.54. The maximum atomic E-state index is 15.3. The molecule has 0 aromatic rings. The Morgan fingerprint density at radius 2 is 0.500 bits per heavy atom. The summed E-state index contributed by atoms with van der Waals surface area (Å²) in [5.74, 6) is -7.38. The fraction of sp³-hybridized carbons (Fsp3) is 0.786. The van der Waals surface area contributed by atoms with Gasteiger partial charge in [0.1, 0.15) is 30.2 Å². The lowest BCUT2D eigenvalue weighted by molar-refractivity contribution is -0.193. The van der Waals surface area contributed by atoms with E-state index < -0.39 is 65.8 Å². The summed E-state index contributed by atoms with van der Waals surface area (Å²) < 4.78 is 19.4. The van der Waals surface area contributed by atoms with E-state index >= 15 is 9.59 Å². The van der Waals surface area contributed by atoms with Gasteiger partial charge in [-0.05, 0) is 107 Å². The third-order valence-electron chi connectivity index (χ3n) is 19.1. The highest BCUT2D eigenvalue weighted by molar-refractivity contribution is 5.92. The Labute approximate surface area is 710 Å². The predicted molar refractivity (Wildman–Crippen MR) is 436 cm³/mol. The van der Waals surface area contributed by atoms with Crippen LogP contribution in [-0.2, 0) is 124 Å². The van der Waals surface area contributed by atoms with Crippen LogP contribution in [0, 0.1) is 23.7 Å². The van der Waals surface area contributed by atoms with Crippen molar-refractivity contribution in [1.29, 1.82) is 0 Å². The molecule has 0 aliphatic carbocycles. The normalized spacial score (nSPS) is 11.6. The van der Waals surface area contributed by atoms with Crippen molar-refractivity contribution in [3.63, 3.8) is 0 Å². The van der Waals surface area contributed by atoms with Crippen LogP contribution in [0.1, 0.15) is 282 Å². The number of nitrogens with one attached hydrogen (secondary N) is 5. The summed E-state index contributed by atoms with van der Waals surface area (Å²) in [5.41, 5.74) is 0. The van der Waals surface area contributed by atoms with Gasteiger partial charge in [-0.1, -0.05) is 141 Å². The number of rotatable bonds is 63. The van der Waals surface area contributed by atoms with E-state index in [1.54, 1.807) is 18.7 Å². The third-order valence-corrected chi connectivity index (χ3v) is 19.1.